The Kier molecular flexibility index (Phi) is 3.11. The number of hydrogen-bond acceptors (Lipinski definition) is 5. The highest BCUT2D eigenvalue weighted by Crippen LogP contribution is 2.32. The summed E-state index contributed by atoms with van der Waals surface area (Å²) in [5, 5.41) is 8.50. The van der Waals surface area contributed by atoms with Gasteiger partial charge >= 0.3 is 0 Å². The Morgan fingerprint density at radius 1 is 1.47 bits per heavy atom. The van der Waals surface area contributed by atoms with Crippen molar-refractivity contribution in [2.24, 2.45) is 11.1 Å². The van der Waals surface area contributed by atoms with Crippen molar-refractivity contribution in [1.82, 2.24) is 0 Å². The monoisotopic (exact) mass is 275 g/mol. The van der Waals surface area contributed by atoms with E-state index in [2.05, 4.69) is 0 Å². The Labute approximate surface area is 103 Å². The SMILES string of the molecule is Nc1cscc1N1CC(CS(N)(=O)=O)CC1=O. The van der Waals surface area contributed by atoms with E-state index < -0.39 is 10.0 Å². The van der Waals surface area contributed by atoms with E-state index in [1.807, 2.05) is 0 Å². The van der Waals surface area contributed by atoms with Crippen molar-refractivity contribution >= 4 is 38.6 Å². The summed E-state index contributed by atoms with van der Waals surface area (Å²) in [7, 11) is -3.54. The number of rotatable bonds is 3. The highest BCUT2D eigenvalue weighted by molar-refractivity contribution is 7.89. The van der Waals surface area contributed by atoms with Crippen molar-refractivity contribution in [3.8, 4) is 0 Å². The molecular weight excluding hydrogens is 262 g/mol. The molecule has 8 heteroatoms. The molecule has 0 aromatic carbocycles. The van der Waals surface area contributed by atoms with Crippen LogP contribution in [0.1, 0.15) is 6.42 Å². The van der Waals surface area contributed by atoms with Gasteiger partial charge in [0.1, 0.15) is 0 Å². The van der Waals surface area contributed by atoms with Crippen molar-refractivity contribution in [1.29, 1.82) is 0 Å². The van der Waals surface area contributed by atoms with Crippen LogP contribution in [-0.2, 0) is 14.8 Å². The van der Waals surface area contributed by atoms with Crippen LogP contribution >= 0.6 is 11.3 Å². The zero-order valence-electron chi connectivity index (χ0n) is 9.00. The zero-order chi connectivity index (χ0) is 12.6. The largest absolute Gasteiger partial charge is 0.396 e. The summed E-state index contributed by atoms with van der Waals surface area (Å²) in [6, 6.07) is 0. The number of nitrogens with zero attached hydrogens (tertiary/aromatic N) is 1. The fourth-order valence-electron chi connectivity index (χ4n) is 1.97. The van der Waals surface area contributed by atoms with Crippen LogP contribution in [0.4, 0.5) is 11.4 Å². The third-order valence-corrected chi connectivity index (χ3v) is 4.32. The Morgan fingerprint density at radius 2 is 2.18 bits per heavy atom. The number of primary sulfonamides is 1. The molecule has 6 nitrogen and oxygen atoms in total. The van der Waals surface area contributed by atoms with E-state index in [-0.39, 0.29) is 24.0 Å². The molecular formula is C9H13N3O3S2. The molecule has 1 aliphatic heterocycles. The van der Waals surface area contributed by atoms with E-state index in [4.69, 9.17) is 10.9 Å². The maximum Gasteiger partial charge on any atom is 0.227 e. The van der Waals surface area contributed by atoms with Gasteiger partial charge < -0.3 is 10.6 Å². The molecule has 1 aromatic heterocycles. The molecule has 0 bridgehead atoms. The minimum absolute atomic E-state index is 0.108. The van der Waals surface area contributed by atoms with Gasteiger partial charge in [-0.1, -0.05) is 0 Å². The summed E-state index contributed by atoms with van der Waals surface area (Å²) in [5.74, 6) is -0.528. The molecule has 1 unspecified atom stereocenters. The molecule has 0 saturated carbocycles. The van der Waals surface area contributed by atoms with Crippen LogP contribution < -0.4 is 15.8 Å². The molecule has 0 aliphatic carbocycles. The lowest BCUT2D eigenvalue weighted by Crippen LogP contribution is -2.27. The highest BCUT2D eigenvalue weighted by Gasteiger charge is 2.33. The van der Waals surface area contributed by atoms with E-state index in [0.717, 1.165) is 0 Å². The number of nitrogen functional groups attached to an aromatic ring is 1. The average molecular weight is 275 g/mol. The third-order valence-electron chi connectivity index (χ3n) is 2.63. The molecule has 94 valence electrons. The number of anilines is 2. The van der Waals surface area contributed by atoms with Crippen LogP contribution in [0.15, 0.2) is 10.8 Å². The molecule has 0 spiro atoms. The Bertz CT molecular complexity index is 537. The molecule has 2 rings (SSSR count). The molecule has 0 radical (unpaired) electrons. The predicted molar refractivity (Wildman–Crippen MR) is 67.2 cm³/mol. The van der Waals surface area contributed by atoms with Crippen molar-refractivity contribution in [2.75, 3.05) is 22.9 Å². The molecule has 2 heterocycles. The first-order chi connectivity index (χ1) is 7.87. The van der Waals surface area contributed by atoms with Crippen LogP contribution in [0.25, 0.3) is 0 Å². The number of thiophene rings is 1. The maximum absolute atomic E-state index is 11.8. The minimum atomic E-state index is -3.54. The lowest BCUT2D eigenvalue weighted by Gasteiger charge is -2.15. The molecule has 1 atom stereocenters. The summed E-state index contributed by atoms with van der Waals surface area (Å²) in [6.45, 7) is 0.357. The van der Waals surface area contributed by atoms with Gasteiger partial charge in [0.2, 0.25) is 15.9 Å². The molecule has 1 fully saturated rings. The fraction of sp³-hybridized carbons (Fsp3) is 0.444. The maximum atomic E-state index is 11.8. The summed E-state index contributed by atoms with van der Waals surface area (Å²) < 4.78 is 22.0. The van der Waals surface area contributed by atoms with E-state index in [1.54, 1.807) is 10.8 Å². The van der Waals surface area contributed by atoms with Gasteiger partial charge in [-0.15, -0.1) is 11.3 Å². The first-order valence-electron chi connectivity index (χ1n) is 4.99. The van der Waals surface area contributed by atoms with Crippen LogP contribution in [0.2, 0.25) is 0 Å². The third kappa shape index (κ3) is 2.76. The lowest BCUT2D eigenvalue weighted by atomic mass is 10.1. The van der Waals surface area contributed by atoms with Crippen molar-refractivity contribution < 1.29 is 13.2 Å². The first kappa shape index (κ1) is 12.3. The van der Waals surface area contributed by atoms with E-state index in [1.165, 1.54) is 16.2 Å². The van der Waals surface area contributed by atoms with Gasteiger partial charge in [-0.3, -0.25) is 4.79 Å². The van der Waals surface area contributed by atoms with Crippen LogP contribution in [0, 0.1) is 5.92 Å². The smallest absolute Gasteiger partial charge is 0.227 e. The Hall–Kier alpha value is -1.12. The number of amides is 1. The van der Waals surface area contributed by atoms with Gasteiger partial charge in [0, 0.05) is 29.6 Å². The molecule has 1 amide bonds. The second-order valence-corrected chi connectivity index (χ2v) is 6.52. The summed E-state index contributed by atoms with van der Waals surface area (Å²) in [6.07, 6.45) is 0.200. The highest BCUT2D eigenvalue weighted by atomic mass is 32.2. The molecule has 4 N–H and O–H groups in total. The van der Waals surface area contributed by atoms with Crippen LogP contribution in [-0.4, -0.2) is 26.6 Å². The Balaban J connectivity index is 2.14. The first-order valence-corrected chi connectivity index (χ1v) is 7.65. The standard InChI is InChI=1S/C9H13N3O3S2/c10-7-3-16-4-8(7)12-2-6(1-9(12)13)5-17(11,14)15/h3-4,6H,1-2,5,10H2,(H2,11,14,15). The number of sulfonamides is 1. The second kappa shape index (κ2) is 4.28. The van der Waals surface area contributed by atoms with Crippen LogP contribution in [0.5, 0.6) is 0 Å². The van der Waals surface area contributed by atoms with E-state index >= 15 is 0 Å². The summed E-state index contributed by atoms with van der Waals surface area (Å²) >= 11 is 1.41. The molecule has 1 aliphatic rings. The molecule has 1 saturated heterocycles. The number of carbonyl (C=O) groups excluding carboxylic acids is 1. The zero-order valence-corrected chi connectivity index (χ0v) is 10.6. The normalized spacial score (nSPS) is 21.1. The fourth-order valence-corrected chi connectivity index (χ4v) is 3.58. The minimum Gasteiger partial charge on any atom is -0.396 e. The van der Waals surface area contributed by atoms with Crippen molar-refractivity contribution in [2.45, 2.75) is 6.42 Å². The number of carbonyl (C=O) groups is 1. The predicted octanol–water partition coefficient (Wildman–Crippen LogP) is -0.0283. The second-order valence-electron chi connectivity index (χ2n) is 4.12. The van der Waals surface area contributed by atoms with Crippen LogP contribution in [0.3, 0.4) is 0 Å². The summed E-state index contributed by atoms with van der Waals surface area (Å²) in [5.41, 5.74) is 6.93. The van der Waals surface area contributed by atoms with Gasteiger partial charge in [0.25, 0.3) is 0 Å². The van der Waals surface area contributed by atoms with E-state index in [0.29, 0.717) is 17.9 Å². The van der Waals surface area contributed by atoms with Gasteiger partial charge in [0.05, 0.1) is 17.1 Å². The number of hydrogen-bond donors (Lipinski definition) is 2. The van der Waals surface area contributed by atoms with Gasteiger partial charge in [-0.05, 0) is 0 Å². The van der Waals surface area contributed by atoms with Gasteiger partial charge in [0.15, 0.2) is 0 Å². The topological polar surface area (TPSA) is 106 Å². The quantitative estimate of drug-likeness (QED) is 0.807. The van der Waals surface area contributed by atoms with E-state index in [9.17, 15) is 13.2 Å². The molecule has 1 aromatic rings. The summed E-state index contributed by atoms with van der Waals surface area (Å²) in [4.78, 5) is 13.3. The molecule has 17 heavy (non-hydrogen) atoms. The van der Waals surface area contributed by atoms with Gasteiger partial charge in [-0.2, -0.15) is 0 Å². The Morgan fingerprint density at radius 3 is 2.71 bits per heavy atom. The van der Waals surface area contributed by atoms with Crippen molar-refractivity contribution in [3.05, 3.63) is 10.8 Å². The lowest BCUT2D eigenvalue weighted by molar-refractivity contribution is -0.117. The van der Waals surface area contributed by atoms with Crippen molar-refractivity contribution in [3.63, 3.8) is 0 Å². The van der Waals surface area contributed by atoms with Gasteiger partial charge in [-0.25, -0.2) is 13.6 Å². The number of nitrogens with two attached hydrogens (primary N) is 2. The average Bonchev–Trinajstić information content (AvgIpc) is 2.70.